The summed E-state index contributed by atoms with van der Waals surface area (Å²) >= 11 is 0. The number of nitrogens with two attached hydrogens (primary N) is 1. The van der Waals surface area contributed by atoms with Crippen molar-refractivity contribution in [2.45, 2.75) is 11.5 Å². The second-order valence-corrected chi connectivity index (χ2v) is 7.85. The van der Waals surface area contributed by atoms with Crippen LogP contribution in [0.1, 0.15) is 5.56 Å². The SMILES string of the molecule is CS(=O)(=O)c1cccc(-c2cc(N)ccc2OCc2ccccc2)c1. The minimum atomic E-state index is -3.28. The van der Waals surface area contributed by atoms with E-state index in [-0.39, 0.29) is 4.90 Å². The first-order valence-electron chi connectivity index (χ1n) is 7.80. The number of hydrogen-bond acceptors (Lipinski definition) is 4. The fraction of sp³-hybridized carbons (Fsp3) is 0.100. The molecule has 0 spiro atoms. The van der Waals surface area contributed by atoms with Crippen molar-refractivity contribution < 1.29 is 13.2 Å². The van der Waals surface area contributed by atoms with Gasteiger partial charge in [0.15, 0.2) is 9.84 Å². The van der Waals surface area contributed by atoms with Gasteiger partial charge in [0.25, 0.3) is 0 Å². The van der Waals surface area contributed by atoms with Crippen LogP contribution in [0.2, 0.25) is 0 Å². The van der Waals surface area contributed by atoms with Crippen molar-refractivity contribution in [1.82, 2.24) is 0 Å². The van der Waals surface area contributed by atoms with Gasteiger partial charge in [-0.25, -0.2) is 8.42 Å². The highest BCUT2D eigenvalue weighted by molar-refractivity contribution is 7.90. The topological polar surface area (TPSA) is 69.4 Å². The van der Waals surface area contributed by atoms with Gasteiger partial charge < -0.3 is 10.5 Å². The van der Waals surface area contributed by atoms with Crippen LogP contribution in [0, 0.1) is 0 Å². The Morgan fingerprint density at radius 1 is 0.920 bits per heavy atom. The molecule has 0 amide bonds. The summed E-state index contributed by atoms with van der Waals surface area (Å²) < 4.78 is 29.6. The summed E-state index contributed by atoms with van der Waals surface area (Å²) in [4.78, 5) is 0.265. The third-order valence-corrected chi connectivity index (χ3v) is 4.92. The number of sulfone groups is 1. The molecule has 0 saturated heterocycles. The third kappa shape index (κ3) is 4.19. The van der Waals surface area contributed by atoms with E-state index in [0.717, 1.165) is 16.7 Å². The molecule has 0 aliphatic carbocycles. The molecule has 0 atom stereocenters. The lowest BCUT2D eigenvalue weighted by molar-refractivity contribution is 0.307. The van der Waals surface area contributed by atoms with Crippen molar-refractivity contribution in [3.05, 3.63) is 78.4 Å². The highest BCUT2D eigenvalue weighted by Crippen LogP contribution is 2.33. The molecule has 0 fully saturated rings. The molecular formula is C20H19NO3S. The summed E-state index contributed by atoms with van der Waals surface area (Å²) in [5.41, 5.74) is 9.08. The van der Waals surface area contributed by atoms with E-state index in [1.54, 1.807) is 36.4 Å². The molecule has 3 aromatic carbocycles. The van der Waals surface area contributed by atoms with E-state index < -0.39 is 9.84 Å². The summed E-state index contributed by atoms with van der Waals surface area (Å²) in [6, 6.07) is 22.0. The Hall–Kier alpha value is -2.79. The Bertz CT molecular complexity index is 983. The Morgan fingerprint density at radius 3 is 2.40 bits per heavy atom. The van der Waals surface area contributed by atoms with E-state index in [1.807, 2.05) is 36.4 Å². The first-order valence-corrected chi connectivity index (χ1v) is 9.69. The number of rotatable bonds is 5. The highest BCUT2D eigenvalue weighted by Gasteiger charge is 2.12. The van der Waals surface area contributed by atoms with Crippen LogP contribution in [0.25, 0.3) is 11.1 Å². The molecule has 0 aromatic heterocycles. The number of ether oxygens (including phenoxy) is 1. The molecule has 3 rings (SSSR count). The predicted octanol–water partition coefficient (Wildman–Crippen LogP) is 3.92. The third-order valence-electron chi connectivity index (χ3n) is 3.81. The van der Waals surface area contributed by atoms with Crippen LogP contribution >= 0.6 is 0 Å². The number of hydrogen-bond donors (Lipinski definition) is 1. The summed E-state index contributed by atoms with van der Waals surface area (Å²) in [5, 5.41) is 0. The van der Waals surface area contributed by atoms with Gasteiger partial charge in [0, 0.05) is 17.5 Å². The number of nitrogen functional groups attached to an aromatic ring is 1. The second-order valence-electron chi connectivity index (χ2n) is 5.83. The molecule has 0 heterocycles. The summed E-state index contributed by atoms with van der Waals surface area (Å²) in [5.74, 6) is 0.656. The standard InChI is InChI=1S/C20H19NO3S/c1-25(22,23)18-9-5-8-16(12-18)19-13-17(21)10-11-20(19)24-14-15-6-3-2-4-7-15/h2-13H,14,21H2,1H3. The summed E-state index contributed by atoms with van der Waals surface area (Å²) in [6.07, 6.45) is 1.19. The molecule has 25 heavy (non-hydrogen) atoms. The monoisotopic (exact) mass is 353 g/mol. The highest BCUT2D eigenvalue weighted by atomic mass is 32.2. The smallest absolute Gasteiger partial charge is 0.175 e. The molecule has 0 radical (unpaired) electrons. The van der Waals surface area contributed by atoms with Gasteiger partial charge in [-0.3, -0.25) is 0 Å². The molecule has 3 aromatic rings. The quantitative estimate of drug-likeness (QED) is 0.706. The van der Waals surface area contributed by atoms with Crippen LogP contribution in [0.5, 0.6) is 5.75 Å². The number of anilines is 1. The van der Waals surface area contributed by atoms with Crippen molar-refractivity contribution in [3.63, 3.8) is 0 Å². The van der Waals surface area contributed by atoms with Crippen LogP contribution in [0.4, 0.5) is 5.69 Å². The largest absolute Gasteiger partial charge is 0.488 e. The van der Waals surface area contributed by atoms with Crippen LogP contribution in [-0.2, 0) is 16.4 Å². The van der Waals surface area contributed by atoms with E-state index in [9.17, 15) is 8.42 Å². The zero-order chi connectivity index (χ0) is 17.9. The van der Waals surface area contributed by atoms with Gasteiger partial charge in [-0.2, -0.15) is 0 Å². The van der Waals surface area contributed by atoms with E-state index in [4.69, 9.17) is 10.5 Å². The van der Waals surface area contributed by atoms with Crippen LogP contribution in [-0.4, -0.2) is 14.7 Å². The Morgan fingerprint density at radius 2 is 1.68 bits per heavy atom. The number of benzene rings is 3. The average Bonchev–Trinajstić information content (AvgIpc) is 2.61. The van der Waals surface area contributed by atoms with Gasteiger partial charge in [0.1, 0.15) is 12.4 Å². The molecule has 0 unspecified atom stereocenters. The van der Waals surface area contributed by atoms with Crippen LogP contribution in [0.3, 0.4) is 0 Å². The summed E-state index contributed by atoms with van der Waals surface area (Å²) in [7, 11) is -3.28. The van der Waals surface area contributed by atoms with Crippen molar-refractivity contribution in [3.8, 4) is 16.9 Å². The fourth-order valence-corrected chi connectivity index (χ4v) is 3.20. The van der Waals surface area contributed by atoms with Crippen LogP contribution < -0.4 is 10.5 Å². The van der Waals surface area contributed by atoms with Crippen molar-refractivity contribution in [2.24, 2.45) is 0 Å². The van der Waals surface area contributed by atoms with Gasteiger partial charge in [0.2, 0.25) is 0 Å². The van der Waals surface area contributed by atoms with Gasteiger partial charge in [-0.15, -0.1) is 0 Å². The molecule has 5 heteroatoms. The predicted molar refractivity (Wildman–Crippen MR) is 100 cm³/mol. The molecule has 0 aliphatic heterocycles. The van der Waals surface area contributed by atoms with E-state index in [2.05, 4.69) is 0 Å². The van der Waals surface area contributed by atoms with Gasteiger partial charge in [0.05, 0.1) is 4.90 Å². The fourth-order valence-electron chi connectivity index (χ4n) is 2.53. The molecular weight excluding hydrogens is 334 g/mol. The second kappa shape index (κ2) is 6.99. The molecule has 0 bridgehead atoms. The maximum absolute atomic E-state index is 11.8. The Kier molecular flexibility index (Phi) is 4.76. The van der Waals surface area contributed by atoms with Crippen molar-refractivity contribution in [1.29, 1.82) is 0 Å². The first-order chi connectivity index (χ1) is 11.9. The molecule has 4 nitrogen and oxygen atoms in total. The van der Waals surface area contributed by atoms with Crippen molar-refractivity contribution >= 4 is 15.5 Å². The van der Waals surface area contributed by atoms with E-state index in [1.165, 1.54) is 6.26 Å². The first kappa shape index (κ1) is 17.0. The van der Waals surface area contributed by atoms with E-state index in [0.29, 0.717) is 18.0 Å². The lowest BCUT2D eigenvalue weighted by Crippen LogP contribution is -1.99. The van der Waals surface area contributed by atoms with Gasteiger partial charge >= 0.3 is 0 Å². The molecule has 2 N–H and O–H groups in total. The maximum atomic E-state index is 11.8. The molecule has 128 valence electrons. The van der Waals surface area contributed by atoms with Crippen LogP contribution in [0.15, 0.2) is 77.7 Å². The minimum Gasteiger partial charge on any atom is -0.488 e. The minimum absolute atomic E-state index is 0.265. The van der Waals surface area contributed by atoms with E-state index >= 15 is 0 Å². The zero-order valence-corrected chi connectivity index (χ0v) is 14.7. The lowest BCUT2D eigenvalue weighted by Gasteiger charge is -2.13. The molecule has 0 saturated carbocycles. The summed E-state index contributed by atoms with van der Waals surface area (Å²) in [6.45, 7) is 0.420. The normalized spacial score (nSPS) is 11.2. The maximum Gasteiger partial charge on any atom is 0.175 e. The zero-order valence-electron chi connectivity index (χ0n) is 13.8. The molecule has 0 aliphatic rings. The Balaban J connectivity index is 1.97. The average molecular weight is 353 g/mol. The lowest BCUT2D eigenvalue weighted by atomic mass is 10.0. The van der Waals surface area contributed by atoms with Gasteiger partial charge in [-0.05, 0) is 41.5 Å². The van der Waals surface area contributed by atoms with Crippen molar-refractivity contribution in [2.75, 3.05) is 12.0 Å². The van der Waals surface area contributed by atoms with Gasteiger partial charge in [-0.1, -0.05) is 42.5 Å². The Labute approximate surface area is 147 Å².